The Morgan fingerprint density at radius 1 is 1.29 bits per heavy atom. The zero-order chi connectivity index (χ0) is 22.3. The van der Waals surface area contributed by atoms with Crippen LogP contribution in [-0.2, 0) is 4.79 Å². The molecule has 2 aliphatic heterocycles. The van der Waals surface area contributed by atoms with Crippen LogP contribution in [0.3, 0.4) is 0 Å². The van der Waals surface area contributed by atoms with E-state index in [4.69, 9.17) is 4.74 Å². The number of halogens is 3. The average molecular weight is 437 g/mol. The minimum atomic E-state index is -4.55. The number of carbonyl (C=O) groups excluding carboxylic acids is 1. The highest BCUT2D eigenvalue weighted by Gasteiger charge is 2.65. The van der Waals surface area contributed by atoms with Crippen LogP contribution in [0.15, 0.2) is 34.5 Å². The number of amides is 1. The molecular weight excluding hydrogens is 415 g/mol. The summed E-state index contributed by atoms with van der Waals surface area (Å²) < 4.78 is 45.9. The average Bonchev–Trinajstić information content (AvgIpc) is 3.31. The highest BCUT2D eigenvalue weighted by Crippen LogP contribution is 2.49. The van der Waals surface area contributed by atoms with Crippen LogP contribution in [0.4, 0.5) is 13.2 Å². The Morgan fingerprint density at radius 2 is 2.06 bits per heavy atom. The molecule has 2 aromatic rings. The SMILES string of the molecule is CC(C)(Oc1cccc(-c2nn[nH]n2)c1)C(=O)N1CCCCC1CC1(C(F)(F)F)N=N1. The number of rotatable bonds is 6. The van der Waals surface area contributed by atoms with Gasteiger partial charge in [-0.15, -0.1) is 20.4 Å². The molecule has 0 bridgehead atoms. The van der Waals surface area contributed by atoms with E-state index in [9.17, 15) is 18.0 Å². The number of carbonyl (C=O) groups is 1. The Bertz CT molecular complexity index is 969. The summed E-state index contributed by atoms with van der Waals surface area (Å²) in [6.45, 7) is 3.58. The van der Waals surface area contributed by atoms with E-state index in [0.29, 0.717) is 30.1 Å². The third-order valence-corrected chi connectivity index (χ3v) is 5.53. The summed E-state index contributed by atoms with van der Waals surface area (Å²) >= 11 is 0. The van der Waals surface area contributed by atoms with Crippen molar-refractivity contribution >= 4 is 5.91 Å². The van der Waals surface area contributed by atoms with Crippen molar-refractivity contribution in [3.8, 4) is 17.1 Å². The van der Waals surface area contributed by atoms with Crippen LogP contribution in [-0.4, -0.2) is 61.5 Å². The quantitative estimate of drug-likeness (QED) is 0.744. The summed E-state index contributed by atoms with van der Waals surface area (Å²) in [6.07, 6.45) is -2.97. The summed E-state index contributed by atoms with van der Waals surface area (Å²) in [6, 6.07) is 6.26. The Morgan fingerprint density at radius 3 is 2.71 bits per heavy atom. The van der Waals surface area contributed by atoms with Gasteiger partial charge in [0.1, 0.15) is 5.75 Å². The second-order valence-corrected chi connectivity index (χ2v) is 8.24. The van der Waals surface area contributed by atoms with Gasteiger partial charge < -0.3 is 9.64 Å². The lowest BCUT2D eigenvalue weighted by atomic mass is 9.92. The number of likely N-dealkylation sites (tertiary alicyclic amines) is 1. The van der Waals surface area contributed by atoms with Gasteiger partial charge in [-0.3, -0.25) is 4.79 Å². The summed E-state index contributed by atoms with van der Waals surface area (Å²) in [5, 5.41) is 20.3. The van der Waals surface area contributed by atoms with Gasteiger partial charge in [0.25, 0.3) is 11.6 Å². The van der Waals surface area contributed by atoms with Crippen LogP contribution < -0.4 is 4.74 Å². The summed E-state index contributed by atoms with van der Waals surface area (Å²) in [5.74, 6) is 0.411. The molecule has 1 N–H and O–H groups in total. The van der Waals surface area contributed by atoms with Crippen molar-refractivity contribution in [2.45, 2.75) is 63.0 Å². The number of H-pyrrole nitrogens is 1. The molecule has 31 heavy (non-hydrogen) atoms. The van der Waals surface area contributed by atoms with E-state index in [2.05, 4.69) is 30.9 Å². The normalized spacial score (nSPS) is 20.5. The zero-order valence-electron chi connectivity index (χ0n) is 17.1. The molecule has 1 amide bonds. The van der Waals surface area contributed by atoms with Crippen LogP contribution in [0, 0.1) is 0 Å². The van der Waals surface area contributed by atoms with E-state index in [-0.39, 0.29) is 12.3 Å². The third-order valence-electron chi connectivity index (χ3n) is 5.53. The largest absolute Gasteiger partial charge is 0.478 e. The standard InChI is InChI=1S/C19H22F3N7O2/c1-17(2,31-14-8-5-6-12(10-14)15-23-27-28-24-15)16(30)29-9-4-3-7-13(29)11-18(25-26-18)19(20,21)22/h5-6,8,10,13H,3-4,7,9,11H2,1-2H3,(H,23,24,27,28). The van der Waals surface area contributed by atoms with Crippen LogP contribution in [0.25, 0.3) is 11.4 Å². The molecule has 2 aliphatic rings. The number of alkyl halides is 3. The van der Waals surface area contributed by atoms with Gasteiger partial charge in [0, 0.05) is 24.6 Å². The fourth-order valence-corrected chi connectivity index (χ4v) is 3.85. The topological polar surface area (TPSA) is 109 Å². The zero-order valence-corrected chi connectivity index (χ0v) is 17.1. The van der Waals surface area contributed by atoms with Crippen molar-refractivity contribution in [2.24, 2.45) is 10.2 Å². The first-order valence-corrected chi connectivity index (χ1v) is 9.96. The second kappa shape index (κ2) is 7.57. The Labute approximate surface area is 176 Å². The fraction of sp³-hybridized carbons (Fsp3) is 0.579. The Hall–Kier alpha value is -3.05. The Balaban J connectivity index is 1.49. The van der Waals surface area contributed by atoms with Gasteiger partial charge in [-0.1, -0.05) is 12.1 Å². The van der Waals surface area contributed by atoms with Crippen molar-refractivity contribution in [3.63, 3.8) is 0 Å². The predicted molar refractivity (Wildman–Crippen MR) is 102 cm³/mol. The predicted octanol–water partition coefficient (Wildman–Crippen LogP) is 3.52. The number of nitrogens with zero attached hydrogens (tertiary/aromatic N) is 6. The monoisotopic (exact) mass is 437 g/mol. The van der Waals surface area contributed by atoms with E-state index >= 15 is 0 Å². The fourth-order valence-electron chi connectivity index (χ4n) is 3.85. The maximum atomic E-state index is 13.3. The van der Waals surface area contributed by atoms with Gasteiger partial charge in [-0.25, -0.2) is 0 Å². The van der Waals surface area contributed by atoms with E-state index in [1.165, 1.54) is 4.90 Å². The molecule has 12 heteroatoms. The minimum absolute atomic E-state index is 0.356. The van der Waals surface area contributed by atoms with Crippen molar-refractivity contribution < 1.29 is 22.7 Å². The van der Waals surface area contributed by atoms with Crippen molar-refractivity contribution in [2.75, 3.05) is 6.54 Å². The number of benzene rings is 1. The lowest BCUT2D eigenvalue weighted by Gasteiger charge is -2.41. The van der Waals surface area contributed by atoms with Gasteiger partial charge in [0.2, 0.25) is 5.82 Å². The van der Waals surface area contributed by atoms with Crippen LogP contribution in [0.1, 0.15) is 39.5 Å². The number of ether oxygens (including phenoxy) is 1. The first-order valence-electron chi connectivity index (χ1n) is 9.96. The second-order valence-electron chi connectivity index (χ2n) is 8.24. The maximum absolute atomic E-state index is 13.3. The molecule has 1 unspecified atom stereocenters. The molecule has 0 aliphatic carbocycles. The van der Waals surface area contributed by atoms with Crippen LogP contribution in [0.2, 0.25) is 0 Å². The highest BCUT2D eigenvalue weighted by atomic mass is 19.4. The van der Waals surface area contributed by atoms with E-state index < -0.39 is 23.5 Å². The van der Waals surface area contributed by atoms with Crippen LogP contribution in [0.5, 0.6) is 5.75 Å². The molecule has 1 atom stereocenters. The number of piperidine rings is 1. The maximum Gasteiger partial charge on any atom is 0.437 e. The number of hydrogen-bond donors (Lipinski definition) is 1. The van der Waals surface area contributed by atoms with Crippen molar-refractivity contribution in [3.05, 3.63) is 24.3 Å². The Kier molecular flexibility index (Phi) is 5.18. The van der Waals surface area contributed by atoms with Crippen LogP contribution >= 0.6 is 0 Å². The highest BCUT2D eigenvalue weighted by molar-refractivity contribution is 5.85. The molecule has 1 aromatic carbocycles. The summed E-state index contributed by atoms with van der Waals surface area (Å²) in [4.78, 5) is 14.8. The van der Waals surface area contributed by atoms with E-state index in [0.717, 1.165) is 12.8 Å². The smallest absolute Gasteiger partial charge is 0.437 e. The molecule has 0 saturated carbocycles. The van der Waals surface area contributed by atoms with E-state index in [1.54, 1.807) is 38.1 Å². The molecular formula is C19H22F3N7O2. The summed E-state index contributed by atoms with van der Waals surface area (Å²) in [5.41, 5.74) is -3.03. The number of tetrazole rings is 1. The molecule has 0 radical (unpaired) electrons. The molecule has 0 spiro atoms. The first-order chi connectivity index (χ1) is 14.6. The molecule has 1 aromatic heterocycles. The van der Waals surface area contributed by atoms with Gasteiger partial charge in [0.05, 0.1) is 0 Å². The minimum Gasteiger partial charge on any atom is -0.478 e. The molecule has 3 heterocycles. The number of aromatic nitrogens is 4. The molecule has 166 valence electrons. The van der Waals surface area contributed by atoms with Gasteiger partial charge >= 0.3 is 6.18 Å². The number of nitrogens with one attached hydrogen (secondary N) is 1. The lowest BCUT2D eigenvalue weighted by molar-refractivity contribution is -0.172. The van der Waals surface area contributed by atoms with Gasteiger partial charge in [-0.2, -0.15) is 18.4 Å². The van der Waals surface area contributed by atoms with Crippen molar-refractivity contribution in [1.29, 1.82) is 0 Å². The molecule has 4 rings (SSSR count). The summed E-state index contributed by atoms with van der Waals surface area (Å²) in [7, 11) is 0. The third kappa shape index (κ3) is 4.23. The van der Waals surface area contributed by atoms with Crippen molar-refractivity contribution in [1.82, 2.24) is 25.5 Å². The first kappa shape index (κ1) is 21.2. The molecule has 9 nitrogen and oxygen atoms in total. The number of hydrogen-bond acceptors (Lipinski definition) is 7. The lowest BCUT2D eigenvalue weighted by Crippen LogP contribution is -2.55. The number of aromatic amines is 1. The van der Waals surface area contributed by atoms with Gasteiger partial charge in [-0.05, 0) is 50.5 Å². The van der Waals surface area contributed by atoms with Gasteiger partial charge in [0.15, 0.2) is 5.60 Å². The molecule has 1 fully saturated rings. The van der Waals surface area contributed by atoms with E-state index in [1.807, 2.05) is 0 Å². The molecule has 1 saturated heterocycles.